The summed E-state index contributed by atoms with van der Waals surface area (Å²) in [6, 6.07) is 10.6. The number of benzene rings is 1. The van der Waals surface area contributed by atoms with E-state index in [-0.39, 0.29) is 11.8 Å². The van der Waals surface area contributed by atoms with Crippen LogP contribution in [0.15, 0.2) is 30.3 Å². The second kappa shape index (κ2) is 8.15. The fraction of sp³-hybridized carbons (Fsp3) is 0.588. The molecule has 4 heteroatoms. The number of nitrogens with zero attached hydrogens (tertiary/aromatic N) is 1. The van der Waals surface area contributed by atoms with Crippen molar-refractivity contribution in [2.75, 3.05) is 26.2 Å². The predicted octanol–water partition coefficient (Wildman–Crippen LogP) is 1.40. The molecule has 4 nitrogen and oxygen atoms in total. The van der Waals surface area contributed by atoms with Crippen molar-refractivity contribution in [1.29, 1.82) is 0 Å². The lowest BCUT2D eigenvalue weighted by Gasteiger charge is -2.24. The Bertz CT molecular complexity index is 435. The van der Waals surface area contributed by atoms with Gasteiger partial charge in [0.05, 0.1) is 5.92 Å². The van der Waals surface area contributed by atoms with Gasteiger partial charge in [-0.05, 0) is 37.9 Å². The number of likely N-dealkylation sites (N-methyl/N-ethyl adjacent to an activating group) is 1. The number of nitrogens with one attached hydrogen (secondary N) is 1. The van der Waals surface area contributed by atoms with Crippen LogP contribution in [-0.4, -0.2) is 43.0 Å². The molecule has 1 amide bonds. The van der Waals surface area contributed by atoms with E-state index in [1.807, 2.05) is 30.3 Å². The minimum atomic E-state index is -0.135. The zero-order valence-electron chi connectivity index (χ0n) is 12.9. The molecule has 116 valence electrons. The molecular formula is C17H27N3O. The third-order valence-electron chi connectivity index (χ3n) is 4.40. The van der Waals surface area contributed by atoms with E-state index >= 15 is 0 Å². The number of likely N-dealkylation sites (tertiary alicyclic amines) is 1. The number of amides is 1. The molecule has 0 radical (unpaired) electrons. The Morgan fingerprint density at radius 3 is 2.86 bits per heavy atom. The first kappa shape index (κ1) is 16.0. The minimum Gasteiger partial charge on any atom is -0.354 e. The lowest BCUT2D eigenvalue weighted by molar-refractivity contribution is -0.124. The molecule has 1 heterocycles. The van der Waals surface area contributed by atoms with Crippen molar-refractivity contribution in [1.82, 2.24) is 10.2 Å². The first-order chi connectivity index (χ1) is 10.2. The predicted molar refractivity (Wildman–Crippen MR) is 86.0 cm³/mol. The van der Waals surface area contributed by atoms with E-state index in [1.165, 1.54) is 18.4 Å². The monoisotopic (exact) mass is 289 g/mol. The van der Waals surface area contributed by atoms with E-state index in [0.29, 0.717) is 19.0 Å². The second-order valence-corrected chi connectivity index (χ2v) is 5.79. The van der Waals surface area contributed by atoms with Gasteiger partial charge < -0.3 is 11.1 Å². The average molecular weight is 289 g/mol. The van der Waals surface area contributed by atoms with Gasteiger partial charge in [-0.3, -0.25) is 9.69 Å². The number of hydrogen-bond acceptors (Lipinski definition) is 3. The summed E-state index contributed by atoms with van der Waals surface area (Å²) in [6.45, 7) is 5.53. The van der Waals surface area contributed by atoms with Gasteiger partial charge in [0, 0.05) is 19.1 Å². The van der Waals surface area contributed by atoms with Crippen molar-refractivity contribution >= 4 is 5.91 Å². The normalized spacial score (nSPS) is 20.4. The molecule has 3 N–H and O–H groups in total. The van der Waals surface area contributed by atoms with E-state index in [1.54, 1.807) is 0 Å². The van der Waals surface area contributed by atoms with Gasteiger partial charge in [-0.1, -0.05) is 37.3 Å². The number of nitrogens with two attached hydrogens (primary N) is 1. The first-order valence-electron chi connectivity index (χ1n) is 8.00. The number of rotatable bonds is 7. The summed E-state index contributed by atoms with van der Waals surface area (Å²) in [4.78, 5) is 14.8. The Kier molecular flexibility index (Phi) is 6.21. The first-order valence-corrected chi connectivity index (χ1v) is 8.00. The zero-order chi connectivity index (χ0) is 15.1. The number of hydrogen-bond donors (Lipinski definition) is 2. The third-order valence-corrected chi connectivity index (χ3v) is 4.40. The van der Waals surface area contributed by atoms with Crippen LogP contribution in [0, 0.1) is 5.92 Å². The Morgan fingerprint density at radius 1 is 1.43 bits per heavy atom. The number of carbonyl (C=O) groups is 1. The molecule has 0 spiro atoms. The Hall–Kier alpha value is -1.39. The lowest BCUT2D eigenvalue weighted by Crippen LogP contribution is -2.43. The number of carbonyl (C=O) groups excluding carboxylic acids is 1. The summed E-state index contributed by atoms with van der Waals surface area (Å²) < 4.78 is 0. The third kappa shape index (κ3) is 4.55. The van der Waals surface area contributed by atoms with Crippen LogP contribution in [0.2, 0.25) is 0 Å². The summed E-state index contributed by atoms with van der Waals surface area (Å²) in [6.07, 6.45) is 3.13. The van der Waals surface area contributed by atoms with Crippen LogP contribution in [0.1, 0.15) is 25.3 Å². The molecule has 2 atom stereocenters. The summed E-state index contributed by atoms with van der Waals surface area (Å²) in [5.41, 5.74) is 6.95. The Morgan fingerprint density at radius 2 is 2.19 bits per heavy atom. The molecule has 0 bridgehead atoms. The summed E-state index contributed by atoms with van der Waals surface area (Å²) in [5.74, 6) is -0.0480. The van der Waals surface area contributed by atoms with Crippen molar-refractivity contribution in [2.45, 2.75) is 32.2 Å². The highest BCUT2D eigenvalue weighted by atomic mass is 16.1. The molecule has 0 aromatic heterocycles. The standard InChI is InChI=1S/C17H27N3O/c1-2-20-10-6-9-16(20)13-19-17(21)15(12-18)11-14-7-4-3-5-8-14/h3-5,7-8,15-16H,2,6,9-13,18H2,1H3,(H,19,21). The minimum absolute atomic E-state index is 0.0873. The van der Waals surface area contributed by atoms with Crippen molar-refractivity contribution in [3.63, 3.8) is 0 Å². The van der Waals surface area contributed by atoms with Gasteiger partial charge in [0.2, 0.25) is 5.91 Å². The van der Waals surface area contributed by atoms with Crippen LogP contribution in [-0.2, 0) is 11.2 Å². The van der Waals surface area contributed by atoms with E-state index < -0.39 is 0 Å². The fourth-order valence-corrected chi connectivity index (χ4v) is 3.09. The maximum atomic E-state index is 12.3. The van der Waals surface area contributed by atoms with E-state index in [2.05, 4.69) is 17.1 Å². The van der Waals surface area contributed by atoms with Crippen LogP contribution in [0.4, 0.5) is 0 Å². The molecule has 1 aromatic rings. The molecule has 1 aliphatic rings. The topological polar surface area (TPSA) is 58.4 Å². The highest BCUT2D eigenvalue weighted by molar-refractivity contribution is 5.79. The van der Waals surface area contributed by atoms with Gasteiger partial charge in [-0.25, -0.2) is 0 Å². The lowest BCUT2D eigenvalue weighted by atomic mass is 9.98. The van der Waals surface area contributed by atoms with Gasteiger partial charge in [0.25, 0.3) is 0 Å². The van der Waals surface area contributed by atoms with Gasteiger partial charge in [0.15, 0.2) is 0 Å². The van der Waals surface area contributed by atoms with Crippen molar-refractivity contribution in [3.05, 3.63) is 35.9 Å². The Balaban J connectivity index is 1.83. The quantitative estimate of drug-likeness (QED) is 0.798. The van der Waals surface area contributed by atoms with E-state index in [4.69, 9.17) is 5.73 Å². The Labute approximate surface area is 127 Å². The maximum Gasteiger partial charge on any atom is 0.224 e. The molecule has 1 aromatic carbocycles. The van der Waals surface area contributed by atoms with Crippen molar-refractivity contribution < 1.29 is 4.79 Å². The van der Waals surface area contributed by atoms with Crippen LogP contribution in [0.3, 0.4) is 0 Å². The highest BCUT2D eigenvalue weighted by Crippen LogP contribution is 2.16. The maximum absolute atomic E-state index is 12.3. The van der Waals surface area contributed by atoms with E-state index in [0.717, 1.165) is 19.6 Å². The average Bonchev–Trinajstić information content (AvgIpc) is 2.98. The molecule has 0 aliphatic carbocycles. The fourth-order valence-electron chi connectivity index (χ4n) is 3.09. The smallest absolute Gasteiger partial charge is 0.224 e. The molecule has 2 rings (SSSR count). The molecule has 0 saturated carbocycles. The second-order valence-electron chi connectivity index (χ2n) is 5.79. The molecule has 1 aliphatic heterocycles. The molecule has 1 fully saturated rings. The van der Waals surface area contributed by atoms with Gasteiger partial charge >= 0.3 is 0 Å². The van der Waals surface area contributed by atoms with Crippen LogP contribution >= 0.6 is 0 Å². The summed E-state index contributed by atoms with van der Waals surface area (Å²) >= 11 is 0. The molecule has 21 heavy (non-hydrogen) atoms. The molecular weight excluding hydrogens is 262 g/mol. The van der Waals surface area contributed by atoms with Crippen LogP contribution in [0.5, 0.6) is 0 Å². The largest absolute Gasteiger partial charge is 0.354 e. The zero-order valence-corrected chi connectivity index (χ0v) is 12.9. The van der Waals surface area contributed by atoms with Crippen molar-refractivity contribution in [3.8, 4) is 0 Å². The highest BCUT2D eigenvalue weighted by Gasteiger charge is 2.24. The van der Waals surface area contributed by atoms with E-state index in [9.17, 15) is 4.79 Å². The van der Waals surface area contributed by atoms with Crippen molar-refractivity contribution in [2.24, 2.45) is 11.7 Å². The molecule has 1 saturated heterocycles. The SMILES string of the molecule is CCN1CCCC1CNC(=O)C(CN)Cc1ccccc1. The summed E-state index contributed by atoms with van der Waals surface area (Å²) in [7, 11) is 0. The summed E-state index contributed by atoms with van der Waals surface area (Å²) in [5, 5.41) is 3.10. The van der Waals surface area contributed by atoms with Crippen LogP contribution < -0.4 is 11.1 Å². The van der Waals surface area contributed by atoms with Gasteiger partial charge in [0.1, 0.15) is 0 Å². The van der Waals surface area contributed by atoms with Crippen LogP contribution in [0.25, 0.3) is 0 Å². The van der Waals surface area contributed by atoms with Gasteiger partial charge in [-0.2, -0.15) is 0 Å². The molecule has 2 unspecified atom stereocenters. The van der Waals surface area contributed by atoms with Gasteiger partial charge in [-0.15, -0.1) is 0 Å².